The van der Waals surface area contributed by atoms with Gasteiger partial charge in [0.15, 0.2) is 8.32 Å². The van der Waals surface area contributed by atoms with E-state index in [1.165, 1.54) is 14.0 Å². The molecule has 0 fully saturated rings. The van der Waals surface area contributed by atoms with Gasteiger partial charge in [-0.3, -0.25) is 9.59 Å². The van der Waals surface area contributed by atoms with Gasteiger partial charge in [-0.25, -0.2) is 0 Å². The van der Waals surface area contributed by atoms with Gasteiger partial charge < -0.3 is 19.0 Å². The van der Waals surface area contributed by atoms with Crippen LogP contribution in [0.4, 0.5) is 0 Å². The van der Waals surface area contributed by atoms with Crippen LogP contribution in [0, 0.1) is 5.92 Å². The fraction of sp³-hybridized carbons (Fsp3) is 0.636. The van der Waals surface area contributed by atoms with E-state index in [9.17, 15) is 14.4 Å². The largest absolute Gasteiger partial charge is 0.496 e. The van der Waals surface area contributed by atoms with Gasteiger partial charge in [-0.2, -0.15) is 0 Å². The van der Waals surface area contributed by atoms with Crippen molar-refractivity contribution in [3.05, 3.63) is 23.8 Å². The summed E-state index contributed by atoms with van der Waals surface area (Å²) < 4.78 is 16.0. The molecule has 0 aliphatic heterocycles. The Morgan fingerprint density at radius 2 is 1.83 bits per heavy atom. The lowest BCUT2D eigenvalue weighted by Gasteiger charge is -2.35. The third kappa shape index (κ3) is 7.47. The lowest BCUT2D eigenvalue weighted by Crippen LogP contribution is -2.38. The van der Waals surface area contributed by atoms with Gasteiger partial charge >= 0.3 is 5.97 Å². The van der Waals surface area contributed by atoms with Gasteiger partial charge in [-0.05, 0) is 62.4 Å². The molecule has 0 spiro atoms. The molecule has 0 bridgehead atoms. The Kier molecular flexibility index (Phi) is 9.36. The minimum Gasteiger partial charge on any atom is -0.496 e. The Hall–Kier alpha value is -1.86. The first-order valence-electron chi connectivity index (χ1n) is 10.0. The van der Waals surface area contributed by atoms with E-state index in [1.807, 2.05) is 25.2 Å². The van der Waals surface area contributed by atoms with Crippen LogP contribution < -0.4 is 9.47 Å². The number of carbonyl (C=O) groups is 2. The Balaban J connectivity index is 2.66. The molecule has 1 rings (SSSR count). The molecule has 29 heavy (non-hydrogen) atoms. The van der Waals surface area contributed by atoms with Crippen molar-refractivity contribution in [3.8, 4) is 11.5 Å². The average Bonchev–Trinajstić information content (AvgIpc) is 2.64. The molecule has 0 aliphatic carbocycles. The smallest absolute Gasteiger partial charge is 0.316 e. The molecule has 1 aromatic carbocycles. The van der Waals surface area contributed by atoms with Crippen LogP contribution >= 0.6 is 0 Å². The number of ether oxygens (including phenoxy) is 3. The van der Waals surface area contributed by atoms with Crippen LogP contribution in [0.2, 0.25) is 18.1 Å². The number of hydrogen-bond acceptors (Lipinski definition) is 6. The van der Waals surface area contributed by atoms with Crippen molar-refractivity contribution in [1.29, 1.82) is 0 Å². The summed E-state index contributed by atoms with van der Waals surface area (Å²) in [6.07, 6.45) is 3.07. The summed E-state index contributed by atoms with van der Waals surface area (Å²) in [5.74, 6) is -0.373. The van der Waals surface area contributed by atoms with E-state index in [0.717, 1.165) is 24.8 Å². The number of carbonyl (C=O) groups excluding carboxylic acids is 2. The van der Waals surface area contributed by atoms with Gasteiger partial charge in [0.2, 0.25) is 0 Å². The summed E-state index contributed by atoms with van der Waals surface area (Å²) in [5, 5.41) is -0.0231. The Bertz CT molecular complexity index is 693. The molecule has 0 heterocycles. The first-order chi connectivity index (χ1) is 13.4. The lowest BCUT2D eigenvalue weighted by atomic mass is 9.95. The minimum absolute atomic E-state index is 0.0231. The maximum absolute atomic E-state index is 11.8. The Morgan fingerprint density at radius 1 is 1.17 bits per heavy atom. The maximum Gasteiger partial charge on any atom is 0.316 e. The van der Waals surface area contributed by atoms with Crippen molar-refractivity contribution in [1.82, 2.24) is 0 Å². The van der Waals surface area contributed by atoms with Gasteiger partial charge in [-0.1, -0.05) is 19.9 Å². The van der Waals surface area contributed by atoms with Crippen molar-refractivity contribution < 1.29 is 28.6 Å². The van der Waals surface area contributed by atoms with Crippen LogP contribution in [0.3, 0.4) is 0 Å². The third-order valence-corrected chi connectivity index (χ3v) is 9.34. The van der Waals surface area contributed by atoms with E-state index in [-0.39, 0.29) is 17.2 Å². The zero-order valence-corrected chi connectivity index (χ0v) is 19.8. The summed E-state index contributed by atoms with van der Waals surface area (Å²) >= 11 is 0. The molecule has 0 aliphatic rings. The van der Waals surface area contributed by atoms with E-state index < -0.39 is 20.2 Å². The van der Waals surface area contributed by atoms with E-state index >= 15 is 0 Å². The number of rotatable bonds is 12. The van der Waals surface area contributed by atoms with Gasteiger partial charge in [0.1, 0.15) is 23.2 Å². The molecular weight excluding hydrogens is 388 g/mol. The van der Waals surface area contributed by atoms with Gasteiger partial charge in [0, 0.05) is 6.07 Å². The van der Waals surface area contributed by atoms with E-state index in [2.05, 4.69) is 13.8 Å². The summed E-state index contributed by atoms with van der Waals surface area (Å²) in [6, 6.07) is 5.41. The zero-order chi connectivity index (χ0) is 22.2. The normalized spacial score (nSPS) is 13.0. The number of methoxy groups -OCH3 is 2. The van der Waals surface area contributed by atoms with Crippen molar-refractivity contribution in [3.63, 3.8) is 0 Å². The first kappa shape index (κ1) is 25.2. The number of esters is 1. The van der Waals surface area contributed by atoms with Gasteiger partial charge in [0.05, 0.1) is 20.8 Å². The second-order valence-corrected chi connectivity index (χ2v) is 13.1. The summed E-state index contributed by atoms with van der Waals surface area (Å²) in [7, 11) is 0.648. The van der Waals surface area contributed by atoms with Crippen molar-refractivity contribution in [2.24, 2.45) is 5.92 Å². The molecule has 0 saturated carbocycles. The van der Waals surface area contributed by atoms with Crippen LogP contribution in [0.1, 0.15) is 45.6 Å². The van der Waals surface area contributed by atoms with E-state index in [0.29, 0.717) is 18.1 Å². The SMILES string of the molecule is COC(=O)C(Cc1ccc(OCCCCC(C)(C)[Si](C)(C)O)cc1OC)C(C)=O. The number of unbranched alkanes of at least 4 members (excludes halogenated alkanes) is 1. The first-order valence-corrected chi connectivity index (χ1v) is 13.0. The Labute approximate surface area is 175 Å². The van der Waals surface area contributed by atoms with Crippen LogP contribution in [0.15, 0.2) is 18.2 Å². The highest BCUT2D eigenvalue weighted by atomic mass is 28.4. The number of benzene rings is 1. The lowest BCUT2D eigenvalue weighted by molar-refractivity contribution is -0.148. The van der Waals surface area contributed by atoms with Crippen molar-refractivity contribution in [2.45, 2.75) is 64.6 Å². The molecule has 1 aromatic rings. The average molecular weight is 425 g/mol. The van der Waals surface area contributed by atoms with Gasteiger partial charge in [0.25, 0.3) is 0 Å². The Morgan fingerprint density at radius 3 is 2.34 bits per heavy atom. The monoisotopic (exact) mass is 424 g/mol. The zero-order valence-electron chi connectivity index (χ0n) is 18.8. The second kappa shape index (κ2) is 10.8. The van der Waals surface area contributed by atoms with Crippen LogP contribution in [-0.4, -0.2) is 45.7 Å². The maximum atomic E-state index is 11.8. The van der Waals surface area contributed by atoms with E-state index in [1.54, 1.807) is 13.2 Å². The highest BCUT2D eigenvalue weighted by Gasteiger charge is 2.37. The standard InChI is InChI=1S/C22H36O6Si/c1-16(23)19(21(24)27-5)14-17-10-11-18(15-20(17)26-4)28-13-9-8-12-22(2,3)29(6,7)25/h10-11,15,19,25H,8-9,12-14H2,1-7H3. The number of hydrogen-bond donors (Lipinski definition) is 1. The summed E-state index contributed by atoms with van der Waals surface area (Å²) in [5.41, 5.74) is 0.752. The molecule has 0 saturated heterocycles. The molecule has 1 atom stereocenters. The predicted molar refractivity (Wildman–Crippen MR) is 116 cm³/mol. The fourth-order valence-electron chi connectivity index (χ4n) is 2.90. The molecule has 6 nitrogen and oxygen atoms in total. The summed E-state index contributed by atoms with van der Waals surface area (Å²) in [6.45, 7) is 10.2. The predicted octanol–water partition coefficient (Wildman–Crippen LogP) is 4.14. The quantitative estimate of drug-likeness (QED) is 0.235. The van der Waals surface area contributed by atoms with Gasteiger partial charge in [-0.15, -0.1) is 0 Å². The molecule has 7 heteroatoms. The second-order valence-electron chi connectivity index (χ2n) is 8.61. The molecular formula is C22H36O6Si. The van der Waals surface area contributed by atoms with E-state index in [4.69, 9.17) is 14.2 Å². The number of ketones is 1. The molecule has 0 radical (unpaired) electrons. The molecule has 0 amide bonds. The van der Waals surface area contributed by atoms with Crippen LogP contribution in [0.5, 0.6) is 11.5 Å². The molecule has 0 aromatic heterocycles. The summed E-state index contributed by atoms with van der Waals surface area (Å²) in [4.78, 5) is 34.0. The van der Waals surface area contributed by atoms with Crippen molar-refractivity contribution in [2.75, 3.05) is 20.8 Å². The highest BCUT2D eigenvalue weighted by molar-refractivity contribution is 6.72. The van der Waals surface area contributed by atoms with Crippen molar-refractivity contribution >= 4 is 20.1 Å². The molecule has 1 unspecified atom stereocenters. The molecule has 164 valence electrons. The van der Waals surface area contributed by atoms with Crippen LogP contribution in [0.25, 0.3) is 0 Å². The fourth-order valence-corrected chi connectivity index (χ4v) is 3.69. The third-order valence-electron chi connectivity index (χ3n) is 5.78. The number of Topliss-reactive ketones (excluding diaryl/α,β-unsaturated/α-hetero) is 1. The minimum atomic E-state index is -2.17. The van der Waals surface area contributed by atoms with Crippen LogP contribution in [-0.2, 0) is 20.7 Å². The highest BCUT2D eigenvalue weighted by Crippen LogP contribution is 2.40. The topological polar surface area (TPSA) is 82.1 Å². The molecule has 1 N–H and O–H groups in total.